The zero-order chi connectivity index (χ0) is 14.6. The van der Waals surface area contributed by atoms with E-state index in [1.807, 2.05) is 38.1 Å². The Morgan fingerprint density at radius 3 is 2.30 bits per heavy atom. The van der Waals surface area contributed by atoms with Crippen LogP contribution in [0.4, 0.5) is 0 Å². The number of ether oxygens (including phenoxy) is 1. The highest BCUT2D eigenvalue weighted by molar-refractivity contribution is 5.37. The van der Waals surface area contributed by atoms with Crippen LogP contribution in [0.1, 0.15) is 30.5 Å². The molecule has 0 heterocycles. The highest BCUT2D eigenvalue weighted by Crippen LogP contribution is 2.22. The summed E-state index contributed by atoms with van der Waals surface area (Å²) in [5.41, 5.74) is 9.46. The third-order valence-corrected chi connectivity index (χ3v) is 3.14. The summed E-state index contributed by atoms with van der Waals surface area (Å²) in [4.78, 5) is 0. The Bertz CT molecular complexity index is 555. The van der Waals surface area contributed by atoms with Gasteiger partial charge in [-0.2, -0.15) is 0 Å². The number of hydrogen-bond donors (Lipinski definition) is 1. The third-order valence-electron chi connectivity index (χ3n) is 3.14. The molecular formula is C18H23NO. The van der Waals surface area contributed by atoms with Crippen LogP contribution in [-0.2, 0) is 13.0 Å². The second-order valence-electron chi connectivity index (χ2n) is 6.04. The maximum Gasteiger partial charge on any atom is 0.122 e. The molecule has 0 unspecified atom stereocenters. The van der Waals surface area contributed by atoms with E-state index in [-0.39, 0.29) is 5.54 Å². The maximum absolute atomic E-state index is 6.06. The molecule has 0 saturated carbocycles. The lowest BCUT2D eigenvalue weighted by atomic mass is 9.95. The van der Waals surface area contributed by atoms with E-state index in [1.54, 1.807) is 0 Å². The van der Waals surface area contributed by atoms with Crippen molar-refractivity contribution >= 4 is 0 Å². The zero-order valence-electron chi connectivity index (χ0n) is 12.5. The van der Waals surface area contributed by atoms with Gasteiger partial charge in [-0.1, -0.05) is 42.5 Å². The SMILES string of the molecule is Cc1cc(CC(C)(C)N)ccc1OCc1ccccc1. The van der Waals surface area contributed by atoms with Crippen LogP contribution >= 0.6 is 0 Å². The van der Waals surface area contributed by atoms with Crippen LogP contribution in [0, 0.1) is 6.92 Å². The van der Waals surface area contributed by atoms with Crippen LogP contribution in [0.25, 0.3) is 0 Å². The average Bonchev–Trinajstić information content (AvgIpc) is 2.37. The van der Waals surface area contributed by atoms with Crippen LogP contribution in [0.2, 0.25) is 0 Å². The van der Waals surface area contributed by atoms with Crippen LogP contribution in [0.15, 0.2) is 48.5 Å². The molecule has 0 bridgehead atoms. The van der Waals surface area contributed by atoms with Crippen molar-refractivity contribution in [3.63, 3.8) is 0 Å². The molecule has 2 nitrogen and oxygen atoms in total. The highest BCUT2D eigenvalue weighted by atomic mass is 16.5. The lowest BCUT2D eigenvalue weighted by Crippen LogP contribution is -2.34. The Morgan fingerprint density at radius 2 is 1.70 bits per heavy atom. The summed E-state index contributed by atoms with van der Waals surface area (Å²) >= 11 is 0. The van der Waals surface area contributed by atoms with E-state index in [4.69, 9.17) is 10.5 Å². The van der Waals surface area contributed by atoms with Crippen LogP contribution in [-0.4, -0.2) is 5.54 Å². The molecule has 0 aliphatic heterocycles. The molecule has 0 aromatic heterocycles. The van der Waals surface area contributed by atoms with E-state index >= 15 is 0 Å². The van der Waals surface area contributed by atoms with Gasteiger partial charge in [0.15, 0.2) is 0 Å². The topological polar surface area (TPSA) is 35.2 Å². The standard InChI is InChI=1S/C18H23NO/c1-14-11-16(12-18(2,3)19)9-10-17(14)20-13-15-7-5-4-6-8-15/h4-11H,12-13,19H2,1-3H3. The first kappa shape index (κ1) is 14.6. The van der Waals surface area contributed by atoms with Gasteiger partial charge < -0.3 is 10.5 Å². The molecule has 2 aromatic rings. The van der Waals surface area contributed by atoms with E-state index < -0.39 is 0 Å². The molecule has 20 heavy (non-hydrogen) atoms. The van der Waals surface area contributed by atoms with Crippen molar-refractivity contribution in [3.8, 4) is 5.75 Å². The summed E-state index contributed by atoms with van der Waals surface area (Å²) < 4.78 is 5.88. The van der Waals surface area contributed by atoms with Gasteiger partial charge >= 0.3 is 0 Å². The second-order valence-corrected chi connectivity index (χ2v) is 6.04. The number of rotatable bonds is 5. The van der Waals surface area contributed by atoms with Gasteiger partial charge in [-0.15, -0.1) is 0 Å². The Hall–Kier alpha value is -1.80. The Morgan fingerprint density at radius 1 is 1.00 bits per heavy atom. The molecule has 2 N–H and O–H groups in total. The van der Waals surface area contributed by atoms with E-state index in [0.29, 0.717) is 6.61 Å². The van der Waals surface area contributed by atoms with Gasteiger partial charge in [-0.3, -0.25) is 0 Å². The molecule has 0 fully saturated rings. The predicted molar refractivity (Wildman–Crippen MR) is 83.9 cm³/mol. The first-order valence-electron chi connectivity index (χ1n) is 6.99. The minimum absolute atomic E-state index is 0.182. The highest BCUT2D eigenvalue weighted by Gasteiger charge is 2.12. The van der Waals surface area contributed by atoms with Crippen molar-refractivity contribution < 1.29 is 4.74 Å². The summed E-state index contributed by atoms with van der Waals surface area (Å²) in [6.07, 6.45) is 0.868. The van der Waals surface area contributed by atoms with Gasteiger partial charge in [0.05, 0.1) is 0 Å². The number of nitrogens with two attached hydrogens (primary N) is 1. The summed E-state index contributed by atoms with van der Waals surface area (Å²) in [6.45, 7) is 6.76. The second kappa shape index (κ2) is 6.10. The number of benzene rings is 2. The molecule has 2 rings (SSSR count). The van der Waals surface area contributed by atoms with E-state index in [9.17, 15) is 0 Å². The largest absolute Gasteiger partial charge is 0.489 e. The molecule has 2 aromatic carbocycles. The first-order valence-corrected chi connectivity index (χ1v) is 6.99. The minimum Gasteiger partial charge on any atom is -0.489 e. The van der Waals surface area contributed by atoms with E-state index in [0.717, 1.165) is 17.7 Å². The van der Waals surface area contributed by atoms with Crippen molar-refractivity contribution in [2.45, 2.75) is 39.3 Å². The van der Waals surface area contributed by atoms with Gasteiger partial charge in [-0.25, -0.2) is 0 Å². The molecule has 0 atom stereocenters. The molecule has 0 saturated heterocycles. The maximum atomic E-state index is 6.06. The Balaban J connectivity index is 2.03. The fourth-order valence-electron chi connectivity index (χ4n) is 2.24. The molecule has 0 radical (unpaired) electrons. The average molecular weight is 269 g/mol. The summed E-state index contributed by atoms with van der Waals surface area (Å²) in [5, 5.41) is 0. The lowest BCUT2D eigenvalue weighted by Gasteiger charge is -2.19. The smallest absolute Gasteiger partial charge is 0.122 e. The van der Waals surface area contributed by atoms with Gasteiger partial charge in [0.1, 0.15) is 12.4 Å². The summed E-state index contributed by atoms with van der Waals surface area (Å²) in [7, 11) is 0. The van der Waals surface area contributed by atoms with Crippen LogP contribution in [0.3, 0.4) is 0 Å². The normalized spacial score (nSPS) is 11.4. The van der Waals surface area contributed by atoms with Crippen molar-refractivity contribution in [2.24, 2.45) is 5.73 Å². The van der Waals surface area contributed by atoms with Gasteiger partial charge in [-0.05, 0) is 49.9 Å². The molecule has 0 aliphatic rings. The molecule has 0 aliphatic carbocycles. The molecule has 0 amide bonds. The monoisotopic (exact) mass is 269 g/mol. The molecule has 106 valence electrons. The number of hydrogen-bond acceptors (Lipinski definition) is 2. The summed E-state index contributed by atoms with van der Waals surface area (Å²) in [6, 6.07) is 16.5. The molecule has 0 spiro atoms. The van der Waals surface area contributed by atoms with E-state index in [1.165, 1.54) is 11.1 Å². The van der Waals surface area contributed by atoms with E-state index in [2.05, 4.69) is 31.2 Å². The zero-order valence-corrected chi connectivity index (χ0v) is 12.5. The van der Waals surface area contributed by atoms with Crippen molar-refractivity contribution in [1.29, 1.82) is 0 Å². The van der Waals surface area contributed by atoms with Crippen LogP contribution in [0.5, 0.6) is 5.75 Å². The summed E-state index contributed by atoms with van der Waals surface area (Å²) in [5.74, 6) is 0.937. The van der Waals surface area contributed by atoms with Crippen molar-refractivity contribution in [3.05, 3.63) is 65.2 Å². The quantitative estimate of drug-likeness (QED) is 0.894. The fourth-order valence-corrected chi connectivity index (χ4v) is 2.24. The van der Waals surface area contributed by atoms with Crippen LogP contribution < -0.4 is 10.5 Å². The van der Waals surface area contributed by atoms with Gasteiger partial charge in [0.25, 0.3) is 0 Å². The van der Waals surface area contributed by atoms with Gasteiger partial charge in [0, 0.05) is 5.54 Å². The fraction of sp³-hybridized carbons (Fsp3) is 0.333. The lowest BCUT2D eigenvalue weighted by molar-refractivity contribution is 0.304. The van der Waals surface area contributed by atoms with Gasteiger partial charge in [0.2, 0.25) is 0 Å². The van der Waals surface area contributed by atoms with Crippen molar-refractivity contribution in [1.82, 2.24) is 0 Å². The molecule has 2 heteroatoms. The Labute approximate surface area is 121 Å². The Kier molecular flexibility index (Phi) is 4.46. The number of aryl methyl sites for hydroxylation is 1. The third kappa shape index (κ3) is 4.39. The predicted octanol–water partition coefficient (Wildman–Crippen LogP) is 3.85. The molecular weight excluding hydrogens is 246 g/mol. The minimum atomic E-state index is -0.182. The first-order chi connectivity index (χ1) is 9.44. The van der Waals surface area contributed by atoms with Crippen molar-refractivity contribution in [2.75, 3.05) is 0 Å².